The summed E-state index contributed by atoms with van der Waals surface area (Å²) in [5, 5.41) is 15.5. The number of hydrogen-bond acceptors (Lipinski definition) is 11. The van der Waals surface area contributed by atoms with Crippen molar-refractivity contribution in [2.24, 2.45) is 0 Å². The second kappa shape index (κ2) is 20.9. The average molecular weight is 952 g/mol. The molecule has 4 aromatic carbocycles. The number of nitrogens with zero attached hydrogens (tertiary/aromatic N) is 2. The van der Waals surface area contributed by atoms with Crippen LogP contribution in [0.4, 0.5) is 11.4 Å². The number of H-pyrrole nitrogens is 1. The van der Waals surface area contributed by atoms with E-state index in [9.17, 15) is 27.6 Å². The van der Waals surface area contributed by atoms with Crippen LogP contribution in [-0.2, 0) is 35.1 Å². The number of sulfonamides is 1. The molecule has 4 N–H and O–H groups in total. The van der Waals surface area contributed by atoms with Gasteiger partial charge >= 0.3 is 5.97 Å². The Hall–Kier alpha value is -6.27. The van der Waals surface area contributed by atoms with E-state index in [1.54, 1.807) is 18.2 Å². The number of carbonyl (C=O) groups is 3. The fourth-order valence-corrected chi connectivity index (χ4v) is 9.93. The maximum atomic E-state index is 13.6. The Morgan fingerprint density at radius 3 is 2.10 bits per heavy atom. The Kier molecular flexibility index (Phi) is 15.3. The molecule has 16 nitrogen and oxygen atoms in total. The van der Waals surface area contributed by atoms with E-state index >= 15 is 0 Å². The molecule has 7 rings (SSSR count). The zero-order valence-electron chi connectivity index (χ0n) is 39.5. The van der Waals surface area contributed by atoms with E-state index < -0.39 is 34.4 Å². The van der Waals surface area contributed by atoms with Gasteiger partial charge in [-0.3, -0.25) is 19.2 Å². The molecule has 5 aromatic rings. The molecule has 0 radical (unpaired) electrons. The summed E-state index contributed by atoms with van der Waals surface area (Å²) in [6.07, 6.45) is 2.74. The van der Waals surface area contributed by atoms with E-state index in [4.69, 9.17) is 24.1 Å². The number of benzene rings is 4. The van der Waals surface area contributed by atoms with Crippen molar-refractivity contribution >= 4 is 50.1 Å². The number of piperidine rings is 1. The third kappa shape index (κ3) is 11.7. The van der Waals surface area contributed by atoms with Gasteiger partial charge in [-0.25, -0.2) is 8.42 Å². The van der Waals surface area contributed by atoms with E-state index in [-0.39, 0.29) is 51.5 Å². The molecular formula is C51H61N5O11S. The van der Waals surface area contributed by atoms with Crippen molar-refractivity contribution < 1.29 is 46.9 Å². The number of rotatable bonds is 18. The number of anilines is 2. The summed E-state index contributed by atoms with van der Waals surface area (Å²) in [6.45, 7) is 14.8. The average Bonchev–Trinajstić information content (AvgIpc) is 3.30. The Morgan fingerprint density at radius 1 is 0.794 bits per heavy atom. The van der Waals surface area contributed by atoms with Gasteiger partial charge in [0.15, 0.2) is 0 Å². The molecule has 68 heavy (non-hydrogen) atoms. The zero-order chi connectivity index (χ0) is 48.8. The molecule has 0 spiro atoms. The number of pyridine rings is 1. The molecule has 0 saturated carbocycles. The van der Waals surface area contributed by atoms with Crippen LogP contribution in [0.25, 0.3) is 10.9 Å². The lowest BCUT2D eigenvalue weighted by Gasteiger charge is -2.32. The minimum Gasteiger partial charge on any atom is -0.491 e. The molecule has 0 unspecified atom stereocenters. The Morgan fingerprint density at radius 2 is 1.44 bits per heavy atom. The monoisotopic (exact) mass is 951 g/mol. The van der Waals surface area contributed by atoms with Crippen LogP contribution in [0.15, 0.2) is 94.7 Å². The number of hydrogen-bond donors (Lipinski definition) is 4. The number of carboxylic acid groups (broad SMARTS) is 1. The van der Waals surface area contributed by atoms with Crippen molar-refractivity contribution in [2.75, 3.05) is 76.6 Å². The van der Waals surface area contributed by atoms with Crippen molar-refractivity contribution in [1.82, 2.24) is 14.2 Å². The number of fused-ring (bicyclic) bond motifs is 2. The number of ether oxygens (including phenoxy) is 4. The summed E-state index contributed by atoms with van der Waals surface area (Å²) >= 11 is 0. The zero-order valence-corrected chi connectivity index (χ0v) is 40.3. The molecule has 1 fully saturated rings. The number of carboxylic acids is 1. The van der Waals surface area contributed by atoms with E-state index in [1.807, 2.05) is 36.4 Å². The molecule has 0 atom stereocenters. The van der Waals surface area contributed by atoms with E-state index in [1.165, 1.54) is 28.7 Å². The molecule has 1 aromatic heterocycles. The summed E-state index contributed by atoms with van der Waals surface area (Å²) in [7, 11) is -3.81. The van der Waals surface area contributed by atoms with Gasteiger partial charge in [0, 0.05) is 47.6 Å². The minimum absolute atomic E-state index is 0.0207. The molecule has 362 valence electrons. The summed E-state index contributed by atoms with van der Waals surface area (Å²) in [4.78, 5) is 54.9. The number of carbonyl (C=O) groups excluding carboxylic acids is 2. The van der Waals surface area contributed by atoms with Gasteiger partial charge in [0.2, 0.25) is 15.5 Å². The van der Waals surface area contributed by atoms with Crippen molar-refractivity contribution in [3.63, 3.8) is 0 Å². The van der Waals surface area contributed by atoms with Crippen molar-refractivity contribution in [2.45, 2.75) is 76.0 Å². The molecular weight excluding hydrogens is 891 g/mol. The minimum atomic E-state index is -3.81. The normalized spacial score (nSPS) is 14.9. The Labute approximate surface area is 397 Å². The van der Waals surface area contributed by atoms with Crippen LogP contribution < -0.4 is 25.5 Å². The lowest BCUT2D eigenvalue weighted by molar-refractivity contribution is -0.137. The van der Waals surface area contributed by atoms with E-state index in [0.717, 1.165) is 21.6 Å². The molecule has 0 bridgehead atoms. The standard InChI is InChI=1S/C51H61N5O11S/c1-50(2,3)40-28-41(51(4,5)6)45(29-44(40)54-48(60)39-30-52-42-10-8-7-9-37(42)47(39)59)67-26-24-65-22-21-64-23-25-66-35-13-11-33(12-14-35)34-17-19-56(20-18-34)68(62,63)36-15-16-38-43(27-36)53-32-55(49(38)61)31-46(57)58/h7-16,27-30,34,53H,17-26,31-32H2,1-6H3,(H,52,59)(H,54,60)(H,57,58). The first-order chi connectivity index (χ1) is 32.3. The number of nitrogens with one attached hydrogen (secondary N) is 3. The van der Waals surface area contributed by atoms with Crippen LogP contribution in [0.2, 0.25) is 0 Å². The summed E-state index contributed by atoms with van der Waals surface area (Å²) in [5.41, 5.74) is 3.90. The largest absolute Gasteiger partial charge is 0.491 e. The second-order valence-electron chi connectivity index (χ2n) is 19.0. The van der Waals surface area contributed by atoms with Crippen LogP contribution >= 0.6 is 0 Å². The third-order valence-corrected chi connectivity index (χ3v) is 14.0. The van der Waals surface area contributed by atoms with Gasteiger partial charge in [-0.15, -0.1) is 0 Å². The first-order valence-electron chi connectivity index (χ1n) is 22.8. The maximum Gasteiger partial charge on any atom is 0.323 e. The summed E-state index contributed by atoms with van der Waals surface area (Å²) in [6, 6.07) is 23.1. The van der Waals surface area contributed by atoms with Gasteiger partial charge in [-0.1, -0.05) is 65.8 Å². The van der Waals surface area contributed by atoms with Gasteiger partial charge in [-0.2, -0.15) is 4.31 Å². The van der Waals surface area contributed by atoms with Crippen LogP contribution in [0, 0.1) is 0 Å². The summed E-state index contributed by atoms with van der Waals surface area (Å²) < 4.78 is 52.3. The lowest BCUT2D eigenvalue weighted by Crippen LogP contribution is -2.43. The number of aliphatic carboxylic acids is 1. The lowest BCUT2D eigenvalue weighted by atomic mass is 9.79. The molecule has 3 heterocycles. The molecule has 1 saturated heterocycles. The van der Waals surface area contributed by atoms with Crippen LogP contribution in [-0.4, -0.2) is 111 Å². The second-order valence-corrected chi connectivity index (χ2v) is 21.0. The van der Waals surface area contributed by atoms with Crippen molar-refractivity contribution in [1.29, 1.82) is 0 Å². The topological polar surface area (TPSA) is 206 Å². The Balaban J connectivity index is 0.824. The van der Waals surface area contributed by atoms with Crippen LogP contribution in [0.5, 0.6) is 11.5 Å². The number of aromatic nitrogens is 1. The highest BCUT2D eigenvalue weighted by molar-refractivity contribution is 7.89. The van der Waals surface area contributed by atoms with Gasteiger partial charge in [0.25, 0.3) is 11.8 Å². The van der Waals surface area contributed by atoms with E-state index in [2.05, 4.69) is 63.2 Å². The fourth-order valence-electron chi connectivity index (χ4n) is 8.43. The predicted octanol–water partition coefficient (Wildman–Crippen LogP) is 7.34. The third-order valence-electron chi connectivity index (χ3n) is 12.1. The van der Waals surface area contributed by atoms with E-state index in [0.29, 0.717) is 92.7 Å². The Bertz CT molecular complexity index is 2810. The SMILES string of the molecule is CC(C)(C)c1cc(C(C)(C)C)c(OCCOCCOCCOc2ccc(C3CCN(S(=O)(=O)c4ccc5c(c4)NCN(CC(=O)O)C5=O)CC3)cc2)cc1NC(=O)c1c[nH]c2ccccc2c1=O. The van der Waals surface area contributed by atoms with Crippen molar-refractivity contribution in [3.05, 3.63) is 123 Å². The molecule has 17 heteroatoms. The first-order valence-corrected chi connectivity index (χ1v) is 24.3. The number of aromatic amines is 1. The predicted molar refractivity (Wildman–Crippen MR) is 260 cm³/mol. The van der Waals surface area contributed by atoms with Crippen LogP contribution in [0.3, 0.4) is 0 Å². The van der Waals surface area contributed by atoms with Gasteiger partial charge in [0.05, 0.1) is 43.6 Å². The maximum absolute atomic E-state index is 13.6. The highest BCUT2D eigenvalue weighted by Gasteiger charge is 2.33. The number of para-hydroxylation sites is 1. The van der Waals surface area contributed by atoms with Crippen molar-refractivity contribution in [3.8, 4) is 11.5 Å². The number of amides is 2. The quantitative estimate of drug-likeness (QED) is 0.0637. The van der Waals surface area contributed by atoms with Gasteiger partial charge in [-0.05, 0) is 94.8 Å². The van der Waals surface area contributed by atoms with Gasteiger partial charge in [0.1, 0.15) is 36.8 Å². The summed E-state index contributed by atoms with van der Waals surface area (Å²) in [5.74, 6) is -0.604. The highest BCUT2D eigenvalue weighted by Crippen LogP contribution is 2.41. The first kappa shape index (κ1) is 49.6. The highest BCUT2D eigenvalue weighted by atomic mass is 32.2. The molecule has 0 aliphatic carbocycles. The smallest absolute Gasteiger partial charge is 0.323 e. The molecule has 2 aliphatic rings. The molecule has 2 amide bonds. The fraction of sp³-hybridized carbons (Fsp3) is 0.412. The van der Waals surface area contributed by atoms with Gasteiger partial charge < -0.3 is 44.6 Å². The van der Waals surface area contributed by atoms with Crippen LogP contribution in [0.1, 0.15) is 97.7 Å². The molecule has 2 aliphatic heterocycles.